The van der Waals surface area contributed by atoms with Crippen LogP contribution in [0.3, 0.4) is 0 Å². The number of halogens is 1. The third-order valence-corrected chi connectivity index (χ3v) is 5.17. The van der Waals surface area contributed by atoms with Crippen molar-refractivity contribution in [3.8, 4) is 0 Å². The van der Waals surface area contributed by atoms with Gasteiger partial charge in [0.15, 0.2) is 0 Å². The number of rotatable bonds is 6. The van der Waals surface area contributed by atoms with E-state index in [2.05, 4.69) is 0 Å². The maximum atomic E-state index is 13.4. The molecule has 1 aliphatic heterocycles. The van der Waals surface area contributed by atoms with Gasteiger partial charge in [-0.25, -0.2) is 9.69 Å². The van der Waals surface area contributed by atoms with Crippen molar-refractivity contribution >= 4 is 35.1 Å². The molecule has 1 aliphatic rings. The Hall–Kier alpha value is -2.66. The number of carbonyl (C=O) groups excluding carboxylic acids is 3. The zero-order chi connectivity index (χ0) is 21.3. The number of ether oxygens (including phenoxy) is 1. The van der Waals surface area contributed by atoms with E-state index in [1.54, 1.807) is 12.1 Å². The summed E-state index contributed by atoms with van der Waals surface area (Å²) in [6.45, 7) is 8.13. The van der Waals surface area contributed by atoms with Gasteiger partial charge < -0.3 is 4.74 Å². The van der Waals surface area contributed by atoms with Crippen molar-refractivity contribution in [2.45, 2.75) is 39.5 Å². The van der Waals surface area contributed by atoms with E-state index >= 15 is 0 Å². The van der Waals surface area contributed by atoms with E-state index in [9.17, 15) is 14.4 Å². The van der Waals surface area contributed by atoms with Gasteiger partial charge in [-0.15, -0.1) is 11.6 Å². The van der Waals surface area contributed by atoms with E-state index in [1.807, 2.05) is 45.9 Å². The van der Waals surface area contributed by atoms with Crippen LogP contribution in [0.1, 0.15) is 81.7 Å². The summed E-state index contributed by atoms with van der Waals surface area (Å²) in [5.41, 5.74) is 2.83. The molecule has 0 saturated heterocycles. The van der Waals surface area contributed by atoms with Crippen LogP contribution in [0.4, 0.5) is 5.69 Å². The molecular weight excluding hydrogens is 390 g/mol. The molecule has 2 amide bonds. The number of hydrogen-bond acceptors (Lipinski definition) is 4. The summed E-state index contributed by atoms with van der Waals surface area (Å²) in [6, 6.07) is 10.5. The summed E-state index contributed by atoms with van der Waals surface area (Å²) >= 11 is 5.59. The van der Waals surface area contributed by atoms with Crippen LogP contribution < -0.4 is 4.90 Å². The first-order valence-electron chi connectivity index (χ1n) is 9.67. The Balaban J connectivity index is 2.17. The molecule has 0 atom stereocenters. The summed E-state index contributed by atoms with van der Waals surface area (Å²) in [5, 5.41) is 0. The zero-order valence-electron chi connectivity index (χ0n) is 17.0. The molecule has 0 aliphatic carbocycles. The van der Waals surface area contributed by atoms with Crippen molar-refractivity contribution in [1.82, 2.24) is 0 Å². The maximum absolute atomic E-state index is 13.4. The highest BCUT2D eigenvalue weighted by atomic mass is 35.5. The highest BCUT2D eigenvalue weighted by molar-refractivity contribution is 6.36. The van der Waals surface area contributed by atoms with Crippen LogP contribution in [0, 0.1) is 0 Å². The van der Waals surface area contributed by atoms with Gasteiger partial charge in [0, 0.05) is 0 Å². The molecule has 3 rings (SSSR count). The minimum atomic E-state index is -0.660. The number of esters is 1. The fourth-order valence-corrected chi connectivity index (χ4v) is 3.71. The summed E-state index contributed by atoms with van der Waals surface area (Å²) < 4.78 is 5.10. The molecule has 0 spiro atoms. The number of imide groups is 1. The van der Waals surface area contributed by atoms with Crippen molar-refractivity contribution in [3.05, 3.63) is 64.2 Å². The monoisotopic (exact) mass is 413 g/mol. The van der Waals surface area contributed by atoms with Crippen molar-refractivity contribution in [3.63, 3.8) is 0 Å². The van der Waals surface area contributed by atoms with Gasteiger partial charge in [-0.3, -0.25) is 9.59 Å². The SMILES string of the molecule is CC(C)c1cccc(C(C)C)c1N1C(=O)c2cccc(C(=O)OCCCl)c2C1=O. The number of carbonyl (C=O) groups is 3. The summed E-state index contributed by atoms with van der Waals surface area (Å²) in [5.74, 6) is -1.21. The molecular formula is C23H24ClNO4. The molecule has 2 aromatic rings. The second kappa shape index (κ2) is 8.37. The quantitative estimate of drug-likeness (QED) is 0.374. The molecule has 0 bridgehead atoms. The van der Waals surface area contributed by atoms with Gasteiger partial charge in [0.05, 0.1) is 28.3 Å². The van der Waals surface area contributed by atoms with Crippen LogP contribution in [0.2, 0.25) is 0 Å². The first-order chi connectivity index (χ1) is 13.8. The van der Waals surface area contributed by atoms with E-state index in [-0.39, 0.29) is 41.0 Å². The average Bonchev–Trinajstić information content (AvgIpc) is 2.95. The van der Waals surface area contributed by atoms with Gasteiger partial charge in [-0.05, 0) is 35.1 Å². The van der Waals surface area contributed by atoms with Gasteiger partial charge in [0.1, 0.15) is 6.61 Å². The highest BCUT2D eigenvalue weighted by Gasteiger charge is 2.42. The average molecular weight is 414 g/mol. The van der Waals surface area contributed by atoms with E-state index in [0.29, 0.717) is 5.69 Å². The number of benzene rings is 2. The topological polar surface area (TPSA) is 63.7 Å². The number of nitrogens with zero attached hydrogens (tertiary/aromatic N) is 1. The largest absolute Gasteiger partial charge is 0.461 e. The van der Waals surface area contributed by atoms with Crippen molar-refractivity contribution < 1.29 is 19.1 Å². The molecule has 0 radical (unpaired) electrons. The molecule has 29 heavy (non-hydrogen) atoms. The lowest BCUT2D eigenvalue weighted by Crippen LogP contribution is -2.32. The Bertz CT molecular complexity index is 955. The second-order valence-electron chi connectivity index (χ2n) is 7.59. The molecule has 1 heterocycles. The molecule has 0 N–H and O–H groups in total. The van der Waals surface area contributed by atoms with E-state index in [0.717, 1.165) is 11.1 Å². The van der Waals surface area contributed by atoms with Crippen molar-refractivity contribution in [2.75, 3.05) is 17.4 Å². The number of anilines is 1. The Kier molecular flexibility index (Phi) is 6.08. The molecule has 2 aromatic carbocycles. The molecule has 0 aromatic heterocycles. The van der Waals surface area contributed by atoms with E-state index in [1.165, 1.54) is 11.0 Å². The number of hydrogen-bond donors (Lipinski definition) is 0. The predicted octanol–water partition coefficient (Wildman–Crippen LogP) is 5.13. The summed E-state index contributed by atoms with van der Waals surface area (Å²) in [4.78, 5) is 40.4. The van der Waals surface area contributed by atoms with Crippen LogP contribution in [0.25, 0.3) is 0 Å². The fraction of sp³-hybridized carbons (Fsp3) is 0.348. The minimum absolute atomic E-state index is 0.0313. The number of fused-ring (bicyclic) bond motifs is 1. The van der Waals surface area contributed by atoms with E-state index in [4.69, 9.17) is 16.3 Å². The lowest BCUT2D eigenvalue weighted by molar-refractivity contribution is 0.0526. The molecule has 152 valence electrons. The van der Waals surface area contributed by atoms with Gasteiger partial charge in [-0.1, -0.05) is 52.0 Å². The summed E-state index contributed by atoms with van der Waals surface area (Å²) in [7, 11) is 0. The third kappa shape index (κ3) is 3.67. The van der Waals surface area contributed by atoms with Crippen LogP contribution in [0.15, 0.2) is 36.4 Å². The molecule has 0 saturated carbocycles. The lowest BCUT2D eigenvalue weighted by atomic mass is 9.92. The Morgan fingerprint density at radius 2 is 1.55 bits per heavy atom. The number of para-hydroxylation sites is 1. The Morgan fingerprint density at radius 3 is 2.10 bits per heavy atom. The van der Waals surface area contributed by atoms with Crippen LogP contribution >= 0.6 is 11.6 Å². The normalized spacial score (nSPS) is 13.4. The Morgan fingerprint density at radius 1 is 0.966 bits per heavy atom. The number of amides is 2. The smallest absolute Gasteiger partial charge is 0.339 e. The standard InChI is InChI=1S/C23H24ClNO4/c1-13(2)15-7-5-8-16(14(3)4)20(15)25-21(26)17-9-6-10-18(19(17)22(25)27)23(28)29-12-11-24/h5-10,13-14H,11-12H2,1-4H3. The van der Waals surface area contributed by atoms with Crippen LogP contribution in [-0.2, 0) is 4.74 Å². The van der Waals surface area contributed by atoms with Gasteiger partial charge in [0.2, 0.25) is 0 Å². The van der Waals surface area contributed by atoms with E-state index < -0.39 is 17.8 Å². The van der Waals surface area contributed by atoms with Crippen molar-refractivity contribution in [2.24, 2.45) is 0 Å². The summed E-state index contributed by atoms with van der Waals surface area (Å²) in [6.07, 6.45) is 0. The third-order valence-electron chi connectivity index (χ3n) is 5.01. The minimum Gasteiger partial charge on any atom is -0.461 e. The first-order valence-corrected chi connectivity index (χ1v) is 10.2. The Labute approximate surface area is 175 Å². The second-order valence-corrected chi connectivity index (χ2v) is 7.97. The van der Waals surface area contributed by atoms with Crippen LogP contribution in [-0.4, -0.2) is 30.3 Å². The first kappa shape index (κ1) is 21.1. The van der Waals surface area contributed by atoms with Gasteiger partial charge in [0.25, 0.3) is 11.8 Å². The van der Waals surface area contributed by atoms with Gasteiger partial charge >= 0.3 is 5.97 Å². The molecule has 0 fully saturated rings. The molecule has 6 heteroatoms. The molecule has 5 nitrogen and oxygen atoms in total. The van der Waals surface area contributed by atoms with Crippen LogP contribution in [0.5, 0.6) is 0 Å². The van der Waals surface area contributed by atoms with Gasteiger partial charge in [-0.2, -0.15) is 0 Å². The maximum Gasteiger partial charge on any atom is 0.339 e. The highest BCUT2D eigenvalue weighted by Crippen LogP contribution is 2.40. The zero-order valence-corrected chi connectivity index (χ0v) is 17.7. The lowest BCUT2D eigenvalue weighted by Gasteiger charge is -2.25. The fourth-order valence-electron chi connectivity index (χ4n) is 3.64. The predicted molar refractivity (Wildman–Crippen MR) is 113 cm³/mol. The number of alkyl halides is 1. The molecule has 0 unspecified atom stereocenters. The van der Waals surface area contributed by atoms with Crippen molar-refractivity contribution in [1.29, 1.82) is 0 Å².